The molecule has 0 aromatic heterocycles. The lowest BCUT2D eigenvalue weighted by atomic mass is 9.97. The second-order valence-electron chi connectivity index (χ2n) is 5.32. The van der Waals surface area contributed by atoms with Gasteiger partial charge in [0.2, 0.25) is 0 Å². The Morgan fingerprint density at radius 3 is 1.70 bits per heavy atom. The molecule has 1 unspecified atom stereocenters. The molecule has 114 valence electrons. The highest BCUT2D eigenvalue weighted by molar-refractivity contribution is 5.87. The van der Waals surface area contributed by atoms with E-state index >= 15 is 0 Å². The lowest BCUT2D eigenvalue weighted by Crippen LogP contribution is -2.01. The highest BCUT2D eigenvalue weighted by Crippen LogP contribution is 2.25. The van der Waals surface area contributed by atoms with Gasteiger partial charge in [0.25, 0.3) is 0 Å². The summed E-state index contributed by atoms with van der Waals surface area (Å²) in [5.41, 5.74) is 3.86. The average molecular weight is 304 g/mol. The third-order valence-corrected chi connectivity index (χ3v) is 3.81. The molecule has 0 aliphatic rings. The monoisotopic (exact) mass is 304 g/mol. The zero-order valence-electron chi connectivity index (χ0n) is 12.4. The summed E-state index contributed by atoms with van der Waals surface area (Å²) in [4.78, 5) is 10.9. The van der Waals surface area contributed by atoms with Crippen LogP contribution in [-0.4, -0.2) is 16.2 Å². The maximum Gasteiger partial charge on any atom is 0.335 e. The van der Waals surface area contributed by atoms with Gasteiger partial charge in [0, 0.05) is 0 Å². The number of carboxylic acid groups (broad SMARTS) is 1. The Hall–Kier alpha value is -2.91. The zero-order valence-corrected chi connectivity index (χ0v) is 12.4. The van der Waals surface area contributed by atoms with Crippen molar-refractivity contribution in [3.63, 3.8) is 0 Å². The minimum absolute atomic E-state index is 0.209. The summed E-state index contributed by atoms with van der Waals surface area (Å²) in [5, 5.41) is 19.3. The standard InChI is InChI=1S/C20H16O3/c21-19(17-10-12-18(13-11-17)20(22)23)16-8-6-15(7-9-16)14-4-2-1-3-5-14/h1-13,19,21H,(H,22,23). The first kappa shape index (κ1) is 15.0. The molecule has 0 radical (unpaired) electrons. The fraction of sp³-hybridized carbons (Fsp3) is 0.0500. The summed E-state index contributed by atoms with van der Waals surface area (Å²) < 4.78 is 0. The van der Waals surface area contributed by atoms with Crippen molar-refractivity contribution in [2.75, 3.05) is 0 Å². The van der Waals surface area contributed by atoms with E-state index in [0.717, 1.165) is 16.7 Å². The van der Waals surface area contributed by atoms with Gasteiger partial charge in [-0.1, -0.05) is 66.7 Å². The summed E-state index contributed by atoms with van der Waals surface area (Å²) in [6.07, 6.45) is -0.775. The van der Waals surface area contributed by atoms with Gasteiger partial charge in [-0.25, -0.2) is 4.79 Å². The van der Waals surface area contributed by atoms with Gasteiger partial charge in [-0.3, -0.25) is 0 Å². The van der Waals surface area contributed by atoms with Crippen molar-refractivity contribution in [3.05, 3.63) is 95.6 Å². The Bertz CT molecular complexity index is 791. The second-order valence-corrected chi connectivity index (χ2v) is 5.32. The number of carboxylic acids is 1. The van der Waals surface area contributed by atoms with E-state index < -0.39 is 12.1 Å². The Morgan fingerprint density at radius 1 is 0.696 bits per heavy atom. The molecular weight excluding hydrogens is 288 g/mol. The molecule has 3 nitrogen and oxygen atoms in total. The molecule has 0 aliphatic heterocycles. The number of carbonyl (C=O) groups is 1. The maximum absolute atomic E-state index is 10.9. The zero-order chi connectivity index (χ0) is 16.2. The number of rotatable bonds is 4. The van der Waals surface area contributed by atoms with Crippen molar-refractivity contribution < 1.29 is 15.0 Å². The van der Waals surface area contributed by atoms with Gasteiger partial charge in [0.15, 0.2) is 0 Å². The van der Waals surface area contributed by atoms with Crippen LogP contribution in [0.1, 0.15) is 27.6 Å². The fourth-order valence-corrected chi connectivity index (χ4v) is 2.49. The van der Waals surface area contributed by atoms with E-state index in [1.807, 2.05) is 54.6 Å². The molecule has 0 fully saturated rings. The van der Waals surface area contributed by atoms with Crippen LogP contribution in [-0.2, 0) is 0 Å². The first-order valence-electron chi connectivity index (χ1n) is 7.32. The van der Waals surface area contributed by atoms with Crippen molar-refractivity contribution in [2.45, 2.75) is 6.10 Å². The topological polar surface area (TPSA) is 57.5 Å². The normalized spacial score (nSPS) is 11.9. The molecule has 3 heteroatoms. The fourth-order valence-electron chi connectivity index (χ4n) is 2.49. The molecule has 0 saturated heterocycles. The SMILES string of the molecule is O=C(O)c1ccc(C(O)c2ccc(-c3ccccc3)cc2)cc1. The highest BCUT2D eigenvalue weighted by Gasteiger charge is 2.11. The number of benzene rings is 3. The van der Waals surface area contributed by atoms with Crippen LogP contribution in [0.2, 0.25) is 0 Å². The van der Waals surface area contributed by atoms with E-state index in [-0.39, 0.29) is 5.56 Å². The molecule has 1 atom stereocenters. The lowest BCUT2D eigenvalue weighted by molar-refractivity contribution is 0.0696. The molecule has 3 aromatic carbocycles. The molecule has 2 N–H and O–H groups in total. The first-order valence-corrected chi connectivity index (χ1v) is 7.32. The molecule has 3 aromatic rings. The van der Waals surface area contributed by atoms with Gasteiger partial charge in [-0.15, -0.1) is 0 Å². The lowest BCUT2D eigenvalue weighted by Gasteiger charge is -2.12. The van der Waals surface area contributed by atoms with E-state index in [1.54, 1.807) is 12.1 Å². The van der Waals surface area contributed by atoms with Crippen LogP contribution in [0, 0.1) is 0 Å². The van der Waals surface area contributed by atoms with E-state index in [4.69, 9.17) is 5.11 Å². The molecule has 3 rings (SSSR count). The van der Waals surface area contributed by atoms with Gasteiger partial charge in [-0.05, 0) is 34.4 Å². The number of aliphatic hydroxyl groups is 1. The maximum atomic E-state index is 10.9. The summed E-state index contributed by atoms with van der Waals surface area (Å²) >= 11 is 0. The minimum atomic E-state index is -0.974. The molecule has 0 bridgehead atoms. The third kappa shape index (κ3) is 3.30. The van der Waals surface area contributed by atoms with Crippen molar-refractivity contribution in [2.24, 2.45) is 0 Å². The summed E-state index contributed by atoms with van der Waals surface area (Å²) in [7, 11) is 0. The highest BCUT2D eigenvalue weighted by atomic mass is 16.4. The predicted molar refractivity (Wildman–Crippen MR) is 89.3 cm³/mol. The minimum Gasteiger partial charge on any atom is -0.478 e. The smallest absolute Gasteiger partial charge is 0.335 e. The van der Waals surface area contributed by atoms with Crippen LogP contribution in [0.3, 0.4) is 0 Å². The van der Waals surface area contributed by atoms with Crippen LogP contribution in [0.4, 0.5) is 0 Å². The largest absolute Gasteiger partial charge is 0.478 e. The van der Waals surface area contributed by atoms with Crippen LogP contribution in [0.15, 0.2) is 78.9 Å². The molecule has 0 heterocycles. The van der Waals surface area contributed by atoms with Gasteiger partial charge in [0.1, 0.15) is 6.10 Å². The third-order valence-electron chi connectivity index (χ3n) is 3.81. The summed E-state index contributed by atoms with van der Waals surface area (Å²) in [6.45, 7) is 0. The van der Waals surface area contributed by atoms with Gasteiger partial charge in [-0.2, -0.15) is 0 Å². The molecular formula is C20H16O3. The van der Waals surface area contributed by atoms with Gasteiger partial charge >= 0.3 is 5.97 Å². The summed E-state index contributed by atoms with van der Waals surface area (Å²) in [5.74, 6) is -0.974. The van der Waals surface area contributed by atoms with Crippen molar-refractivity contribution >= 4 is 5.97 Å². The van der Waals surface area contributed by atoms with E-state index in [2.05, 4.69) is 0 Å². The molecule has 0 spiro atoms. The van der Waals surface area contributed by atoms with Crippen LogP contribution in [0.25, 0.3) is 11.1 Å². The Morgan fingerprint density at radius 2 is 1.17 bits per heavy atom. The Labute approximate surface area is 134 Å². The van der Waals surface area contributed by atoms with E-state index in [0.29, 0.717) is 5.56 Å². The number of hydrogen-bond acceptors (Lipinski definition) is 2. The van der Waals surface area contributed by atoms with E-state index in [1.165, 1.54) is 12.1 Å². The number of hydrogen-bond donors (Lipinski definition) is 2. The van der Waals surface area contributed by atoms with Crippen LogP contribution in [0.5, 0.6) is 0 Å². The van der Waals surface area contributed by atoms with Crippen molar-refractivity contribution in [1.82, 2.24) is 0 Å². The second kappa shape index (κ2) is 6.46. The van der Waals surface area contributed by atoms with Gasteiger partial charge in [0.05, 0.1) is 5.56 Å². The molecule has 0 saturated carbocycles. The van der Waals surface area contributed by atoms with Gasteiger partial charge < -0.3 is 10.2 Å². The van der Waals surface area contributed by atoms with Crippen LogP contribution < -0.4 is 0 Å². The van der Waals surface area contributed by atoms with E-state index in [9.17, 15) is 9.90 Å². The first-order chi connectivity index (χ1) is 11.1. The molecule has 0 amide bonds. The average Bonchev–Trinajstić information content (AvgIpc) is 2.62. The number of aromatic carboxylic acids is 1. The Balaban J connectivity index is 1.82. The van der Waals surface area contributed by atoms with Crippen LogP contribution >= 0.6 is 0 Å². The number of aliphatic hydroxyl groups excluding tert-OH is 1. The molecule has 0 aliphatic carbocycles. The summed E-state index contributed by atoms with van der Waals surface area (Å²) in [6, 6.07) is 24.0. The molecule has 23 heavy (non-hydrogen) atoms. The Kier molecular flexibility index (Phi) is 4.22. The quantitative estimate of drug-likeness (QED) is 0.762. The predicted octanol–water partition coefficient (Wildman–Crippen LogP) is 4.13. The van der Waals surface area contributed by atoms with Crippen molar-refractivity contribution in [3.8, 4) is 11.1 Å². The van der Waals surface area contributed by atoms with Crippen molar-refractivity contribution in [1.29, 1.82) is 0 Å².